The molecule has 8 heteroatoms. The molecule has 1 heterocycles. The van der Waals surface area contributed by atoms with Crippen LogP contribution in [0.2, 0.25) is 5.02 Å². The predicted molar refractivity (Wildman–Crippen MR) is 111 cm³/mol. The van der Waals surface area contributed by atoms with Crippen molar-refractivity contribution < 1.29 is 24.2 Å². The molecule has 0 spiro atoms. The number of nitrogen functional groups attached to an aromatic ring is 1. The number of methoxy groups -OCH3 is 1. The van der Waals surface area contributed by atoms with Crippen molar-refractivity contribution in [2.24, 2.45) is 5.92 Å². The Labute approximate surface area is 175 Å². The van der Waals surface area contributed by atoms with Crippen molar-refractivity contribution in [3.8, 4) is 0 Å². The number of nitrogens with one attached hydrogen (secondary N) is 1. The Balaban J connectivity index is 2.52. The number of anilines is 1. The third-order valence-corrected chi connectivity index (χ3v) is 5.44. The fourth-order valence-corrected chi connectivity index (χ4v) is 3.65. The molecule has 0 bridgehead atoms. The van der Waals surface area contributed by atoms with Crippen LogP contribution in [0.5, 0.6) is 0 Å². The number of hydrogen-bond donors (Lipinski definition) is 3. The van der Waals surface area contributed by atoms with Gasteiger partial charge in [-0.25, -0.2) is 9.59 Å². The molecule has 2 rings (SSSR count). The lowest BCUT2D eigenvalue weighted by molar-refractivity contribution is -0.144. The van der Waals surface area contributed by atoms with E-state index in [1.165, 1.54) is 0 Å². The standard InChI is InChI=1S/C21H27ClN2O5/c1-10(2)15(28-5)9-29-21(27)17-12(4)24-11(3)16(20(25)26)18(17)13-7-6-8-14(23)19(13)22/h6-8,10,15,18,24H,9,23H2,1-5H3,(H,25,26). The monoisotopic (exact) mass is 422 g/mol. The lowest BCUT2D eigenvalue weighted by Gasteiger charge is -2.30. The summed E-state index contributed by atoms with van der Waals surface area (Å²) >= 11 is 6.40. The molecule has 1 aromatic carbocycles. The van der Waals surface area contributed by atoms with Crippen molar-refractivity contribution in [1.82, 2.24) is 5.32 Å². The van der Waals surface area contributed by atoms with Gasteiger partial charge in [0.2, 0.25) is 0 Å². The van der Waals surface area contributed by atoms with Gasteiger partial charge >= 0.3 is 11.9 Å². The van der Waals surface area contributed by atoms with E-state index in [2.05, 4.69) is 5.32 Å². The zero-order valence-electron chi connectivity index (χ0n) is 17.2. The Kier molecular flexibility index (Phi) is 7.32. The van der Waals surface area contributed by atoms with E-state index in [-0.39, 0.29) is 34.8 Å². The average Bonchev–Trinajstić information content (AvgIpc) is 2.63. The molecule has 1 aliphatic rings. The summed E-state index contributed by atoms with van der Waals surface area (Å²) in [4.78, 5) is 25.1. The summed E-state index contributed by atoms with van der Waals surface area (Å²) in [5, 5.41) is 13.0. The molecule has 0 saturated carbocycles. The first-order chi connectivity index (χ1) is 13.6. The zero-order valence-corrected chi connectivity index (χ0v) is 18.0. The minimum Gasteiger partial charge on any atom is -0.478 e. The number of rotatable bonds is 7. The van der Waals surface area contributed by atoms with Gasteiger partial charge in [-0.1, -0.05) is 37.6 Å². The Morgan fingerprint density at radius 1 is 1.24 bits per heavy atom. The summed E-state index contributed by atoms with van der Waals surface area (Å²) < 4.78 is 10.8. The Bertz CT molecular complexity index is 876. The van der Waals surface area contributed by atoms with E-state index in [9.17, 15) is 14.7 Å². The molecule has 0 saturated heterocycles. The van der Waals surface area contributed by atoms with Crippen LogP contribution in [-0.4, -0.2) is 36.9 Å². The van der Waals surface area contributed by atoms with Crippen LogP contribution in [0.15, 0.2) is 40.7 Å². The van der Waals surface area contributed by atoms with Crippen molar-refractivity contribution in [3.05, 3.63) is 51.3 Å². The number of esters is 1. The highest BCUT2D eigenvalue weighted by molar-refractivity contribution is 6.34. The molecule has 0 aliphatic carbocycles. The third kappa shape index (κ3) is 4.74. The van der Waals surface area contributed by atoms with Gasteiger partial charge < -0.3 is 25.6 Å². The maximum atomic E-state index is 13.0. The molecule has 29 heavy (non-hydrogen) atoms. The molecule has 0 fully saturated rings. The van der Waals surface area contributed by atoms with Gasteiger partial charge in [0.15, 0.2) is 0 Å². The van der Waals surface area contributed by atoms with Gasteiger partial charge in [0.05, 0.1) is 33.9 Å². The number of dihydropyridines is 1. The maximum absolute atomic E-state index is 13.0. The summed E-state index contributed by atoms with van der Waals surface area (Å²) in [5.74, 6) is -2.57. The summed E-state index contributed by atoms with van der Waals surface area (Å²) in [6.07, 6.45) is -0.276. The molecule has 7 nitrogen and oxygen atoms in total. The normalized spacial score (nSPS) is 18.0. The van der Waals surface area contributed by atoms with Crippen molar-refractivity contribution >= 4 is 29.2 Å². The largest absolute Gasteiger partial charge is 0.478 e. The van der Waals surface area contributed by atoms with E-state index in [1.54, 1.807) is 39.2 Å². The van der Waals surface area contributed by atoms with Crippen LogP contribution in [0.4, 0.5) is 5.69 Å². The van der Waals surface area contributed by atoms with Gasteiger partial charge in [-0.2, -0.15) is 0 Å². The van der Waals surface area contributed by atoms with Crippen molar-refractivity contribution in [1.29, 1.82) is 0 Å². The van der Waals surface area contributed by atoms with Crippen molar-refractivity contribution in [2.75, 3.05) is 19.5 Å². The molecule has 0 aromatic heterocycles. The lowest BCUT2D eigenvalue weighted by atomic mass is 9.80. The van der Waals surface area contributed by atoms with E-state index in [0.717, 1.165) is 0 Å². The van der Waals surface area contributed by atoms with Crippen LogP contribution in [-0.2, 0) is 19.1 Å². The van der Waals surface area contributed by atoms with Crippen LogP contribution >= 0.6 is 11.6 Å². The third-order valence-electron chi connectivity index (χ3n) is 5.01. The molecule has 2 unspecified atom stereocenters. The van der Waals surface area contributed by atoms with E-state index in [1.807, 2.05) is 13.8 Å². The second-order valence-electron chi connectivity index (χ2n) is 7.31. The van der Waals surface area contributed by atoms with Crippen molar-refractivity contribution in [3.63, 3.8) is 0 Å². The quantitative estimate of drug-likeness (QED) is 0.455. The molecule has 1 aromatic rings. The number of carbonyl (C=O) groups is 2. The van der Waals surface area contributed by atoms with E-state index in [4.69, 9.17) is 26.8 Å². The fourth-order valence-electron chi connectivity index (χ4n) is 3.42. The number of ether oxygens (including phenoxy) is 2. The van der Waals surface area contributed by atoms with E-state index in [0.29, 0.717) is 22.6 Å². The second-order valence-corrected chi connectivity index (χ2v) is 7.69. The summed E-state index contributed by atoms with van der Waals surface area (Å²) in [6.45, 7) is 7.30. The van der Waals surface area contributed by atoms with Crippen LogP contribution in [0.3, 0.4) is 0 Å². The van der Waals surface area contributed by atoms with Crippen LogP contribution in [0.1, 0.15) is 39.2 Å². The number of hydrogen-bond acceptors (Lipinski definition) is 6. The number of nitrogens with two attached hydrogens (primary N) is 1. The molecular weight excluding hydrogens is 396 g/mol. The smallest absolute Gasteiger partial charge is 0.336 e. The van der Waals surface area contributed by atoms with Gasteiger partial charge in [0.1, 0.15) is 6.61 Å². The number of halogens is 1. The SMILES string of the molecule is COC(COC(=O)C1=C(C)NC(C)=C(C(=O)O)C1c1cccc(N)c1Cl)C(C)C. The minimum absolute atomic E-state index is 0.0159. The van der Waals surface area contributed by atoms with Crippen LogP contribution in [0.25, 0.3) is 0 Å². The van der Waals surface area contributed by atoms with Gasteiger partial charge in [0, 0.05) is 18.5 Å². The molecule has 4 N–H and O–H groups in total. The highest BCUT2D eigenvalue weighted by atomic mass is 35.5. The number of allylic oxidation sites excluding steroid dienone is 2. The summed E-state index contributed by atoms with van der Waals surface area (Å²) in [6, 6.07) is 4.95. The first kappa shape index (κ1) is 22.8. The second kappa shape index (κ2) is 9.33. The molecule has 2 atom stereocenters. The zero-order chi connectivity index (χ0) is 21.9. The number of benzene rings is 1. The Morgan fingerprint density at radius 2 is 1.86 bits per heavy atom. The van der Waals surface area contributed by atoms with Crippen molar-refractivity contribution in [2.45, 2.75) is 39.7 Å². The highest BCUT2D eigenvalue weighted by Gasteiger charge is 2.38. The molecule has 1 aliphatic heterocycles. The summed E-state index contributed by atoms with van der Waals surface area (Å²) in [5.41, 5.74) is 7.78. The topological polar surface area (TPSA) is 111 Å². The van der Waals surface area contributed by atoms with Gasteiger partial charge in [0.25, 0.3) is 0 Å². The predicted octanol–water partition coefficient (Wildman–Crippen LogP) is 3.46. The minimum atomic E-state index is -1.16. The average molecular weight is 423 g/mol. The van der Waals surface area contributed by atoms with Crippen LogP contribution in [0, 0.1) is 5.92 Å². The first-order valence-electron chi connectivity index (χ1n) is 9.25. The van der Waals surface area contributed by atoms with Gasteiger partial charge in [-0.15, -0.1) is 0 Å². The molecule has 0 radical (unpaired) electrons. The van der Waals surface area contributed by atoms with E-state index < -0.39 is 17.9 Å². The highest BCUT2D eigenvalue weighted by Crippen LogP contribution is 2.42. The first-order valence-corrected chi connectivity index (χ1v) is 9.63. The maximum Gasteiger partial charge on any atom is 0.336 e. The number of carboxylic acids is 1. The number of carboxylic acid groups (broad SMARTS) is 1. The van der Waals surface area contributed by atoms with Crippen LogP contribution < -0.4 is 11.1 Å². The fraction of sp³-hybridized carbons (Fsp3) is 0.429. The molecular formula is C21H27ClN2O5. The Hall–Kier alpha value is -2.51. The van der Waals surface area contributed by atoms with Gasteiger partial charge in [-0.05, 0) is 31.4 Å². The molecule has 158 valence electrons. The Morgan fingerprint density at radius 3 is 2.41 bits per heavy atom. The number of aliphatic carboxylic acids is 1. The lowest BCUT2D eigenvalue weighted by Crippen LogP contribution is -2.33. The van der Waals surface area contributed by atoms with Gasteiger partial charge in [-0.3, -0.25) is 0 Å². The molecule has 0 amide bonds. The number of carbonyl (C=O) groups excluding carboxylic acids is 1. The summed E-state index contributed by atoms with van der Waals surface area (Å²) in [7, 11) is 1.55. The van der Waals surface area contributed by atoms with E-state index >= 15 is 0 Å².